The van der Waals surface area contributed by atoms with E-state index in [1.54, 1.807) is 59.9 Å². The van der Waals surface area contributed by atoms with Gasteiger partial charge in [0.1, 0.15) is 6.54 Å². The summed E-state index contributed by atoms with van der Waals surface area (Å²) in [5.74, 6) is -0.939. The third-order valence-corrected chi connectivity index (χ3v) is 6.16. The minimum atomic E-state index is -4.54. The first-order chi connectivity index (χ1) is 14.7. The highest BCUT2D eigenvalue weighted by Gasteiger charge is 2.28. The van der Waals surface area contributed by atoms with Crippen LogP contribution in [0.25, 0.3) is 0 Å². The third kappa shape index (κ3) is 5.85. The molecule has 162 valence electrons. The first kappa shape index (κ1) is 22.4. The van der Waals surface area contributed by atoms with Crippen LogP contribution in [-0.4, -0.2) is 27.0 Å². The zero-order chi connectivity index (χ0) is 22.5. The Bertz CT molecular complexity index is 1120. The summed E-state index contributed by atoms with van der Waals surface area (Å²) in [6, 6.07) is 22.4. The van der Waals surface area contributed by atoms with E-state index in [-0.39, 0.29) is 17.0 Å². The molecule has 0 spiro atoms. The summed E-state index contributed by atoms with van der Waals surface area (Å²) in [6.07, 6.45) is -4.54. The molecule has 0 bridgehead atoms. The molecule has 3 aromatic carbocycles. The molecule has 0 atom stereocenters. The molecule has 0 aliphatic rings. The van der Waals surface area contributed by atoms with Crippen LogP contribution in [0.3, 0.4) is 0 Å². The summed E-state index contributed by atoms with van der Waals surface area (Å²) in [6.45, 7) is -1.38. The van der Waals surface area contributed by atoms with Gasteiger partial charge in [-0.1, -0.05) is 48.5 Å². The minimum absolute atomic E-state index is 0.0717. The molecule has 0 aromatic heterocycles. The maximum absolute atomic E-state index is 13.4. The average molecular weight is 448 g/mol. The largest absolute Gasteiger partial charge is 0.405 e. The Balaban J connectivity index is 1.88. The predicted molar refractivity (Wildman–Crippen MR) is 111 cm³/mol. The lowest BCUT2D eigenvalue weighted by molar-refractivity contribution is -0.123. The van der Waals surface area contributed by atoms with Gasteiger partial charge in [-0.15, -0.1) is 0 Å². The standard InChI is InChI=1S/C22H19F3N2O3S/c23-22(24,25)16-26-21(28)18-11-13-20(14-12-18)31(29,30)27(19-9-5-2-6-10-19)15-17-7-3-1-4-8-17/h1-14H,15-16H2,(H,26,28). The number of nitrogens with zero attached hydrogens (tertiary/aromatic N) is 1. The molecule has 0 saturated carbocycles. The van der Waals surface area contributed by atoms with Gasteiger partial charge in [-0.3, -0.25) is 9.10 Å². The molecule has 0 unspecified atom stereocenters. The van der Waals surface area contributed by atoms with E-state index in [0.29, 0.717) is 5.69 Å². The maximum Gasteiger partial charge on any atom is 0.405 e. The molecule has 0 saturated heterocycles. The zero-order valence-corrected chi connectivity index (χ0v) is 17.0. The van der Waals surface area contributed by atoms with E-state index in [2.05, 4.69) is 0 Å². The molecule has 3 aromatic rings. The van der Waals surface area contributed by atoms with Crippen LogP contribution in [0.4, 0.5) is 18.9 Å². The fourth-order valence-corrected chi connectivity index (χ4v) is 4.30. The number of halogens is 3. The minimum Gasteiger partial charge on any atom is -0.343 e. The van der Waals surface area contributed by atoms with Gasteiger partial charge in [0.15, 0.2) is 0 Å². The summed E-state index contributed by atoms with van der Waals surface area (Å²) in [5.41, 5.74) is 1.16. The van der Waals surface area contributed by atoms with Gasteiger partial charge >= 0.3 is 6.18 Å². The van der Waals surface area contributed by atoms with Crippen molar-refractivity contribution in [3.05, 3.63) is 96.1 Å². The summed E-state index contributed by atoms with van der Waals surface area (Å²) in [7, 11) is -4.01. The fourth-order valence-electron chi connectivity index (χ4n) is 2.85. The Morgan fingerprint density at radius 3 is 1.94 bits per heavy atom. The Morgan fingerprint density at radius 2 is 1.39 bits per heavy atom. The topological polar surface area (TPSA) is 66.5 Å². The lowest BCUT2D eigenvalue weighted by atomic mass is 10.2. The molecular weight excluding hydrogens is 429 g/mol. The van der Waals surface area contributed by atoms with Gasteiger partial charge in [-0.25, -0.2) is 8.42 Å². The van der Waals surface area contributed by atoms with E-state index in [4.69, 9.17) is 0 Å². The van der Waals surface area contributed by atoms with Crippen molar-refractivity contribution in [1.29, 1.82) is 0 Å². The average Bonchev–Trinajstić information content (AvgIpc) is 2.76. The SMILES string of the molecule is O=C(NCC(F)(F)F)c1ccc(S(=O)(=O)N(Cc2ccccc2)c2ccccc2)cc1. The van der Waals surface area contributed by atoms with Crippen LogP contribution in [0, 0.1) is 0 Å². The van der Waals surface area contributed by atoms with E-state index in [1.807, 2.05) is 6.07 Å². The molecule has 9 heteroatoms. The summed E-state index contributed by atoms with van der Waals surface area (Å²) < 4.78 is 64.8. The number of hydrogen-bond acceptors (Lipinski definition) is 3. The monoisotopic (exact) mass is 448 g/mol. The van der Waals surface area contributed by atoms with Gasteiger partial charge in [0.05, 0.1) is 17.1 Å². The van der Waals surface area contributed by atoms with Crippen molar-refractivity contribution in [3.8, 4) is 0 Å². The molecule has 3 rings (SSSR count). The molecule has 1 N–H and O–H groups in total. The Morgan fingerprint density at radius 1 is 0.839 bits per heavy atom. The maximum atomic E-state index is 13.4. The Labute approximate surface area is 178 Å². The number of para-hydroxylation sites is 1. The molecule has 0 fully saturated rings. The smallest absolute Gasteiger partial charge is 0.343 e. The number of carbonyl (C=O) groups is 1. The molecule has 0 radical (unpaired) electrons. The molecule has 0 aliphatic heterocycles. The number of carbonyl (C=O) groups excluding carboxylic acids is 1. The molecule has 1 amide bonds. The molecule has 0 aliphatic carbocycles. The quantitative estimate of drug-likeness (QED) is 0.584. The van der Waals surface area contributed by atoms with E-state index in [1.165, 1.54) is 28.6 Å². The van der Waals surface area contributed by atoms with Gasteiger partial charge < -0.3 is 5.32 Å². The van der Waals surface area contributed by atoms with Gasteiger partial charge in [0, 0.05) is 5.56 Å². The zero-order valence-electron chi connectivity index (χ0n) is 16.2. The number of amides is 1. The first-order valence-electron chi connectivity index (χ1n) is 9.23. The van der Waals surface area contributed by atoms with Gasteiger partial charge in [0.25, 0.3) is 15.9 Å². The molecular formula is C22H19F3N2O3S. The van der Waals surface area contributed by atoms with Crippen LogP contribution in [-0.2, 0) is 16.6 Å². The number of rotatable bonds is 7. The number of alkyl halides is 3. The van der Waals surface area contributed by atoms with Crippen LogP contribution in [0.2, 0.25) is 0 Å². The van der Waals surface area contributed by atoms with E-state index < -0.39 is 28.7 Å². The molecule has 5 nitrogen and oxygen atoms in total. The van der Waals surface area contributed by atoms with Crippen LogP contribution in [0.5, 0.6) is 0 Å². The van der Waals surface area contributed by atoms with E-state index in [0.717, 1.165) is 5.56 Å². The second-order valence-electron chi connectivity index (χ2n) is 6.66. The van der Waals surface area contributed by atoms with Crippen molar-refractivity contribution >= 4 is 21.6 Å². The molecule has 0 heterocycles. The molecule has 31 heavy (non-hydrogen) atoms. The van der Waals surface area contributed by atoms with Crippen LogP contribution >= 0.6 is 0 Å². The Hall–Kier alpha value is -3.33. The van der Waals surface area contributed by atoms with Gasteiger partial charge in [-0.2, -0.15) is 13.2 Å². The van der Waals surface area contributed by atoms with Crippen molar-refractivity contribution in [2.45, 2.75) is 17.6 Å². The lowest BCUT2D eigenvalue weighted by Gasteiger charge is -2.25. The van der Waals surface area contributed by atoms with Crippen molar-refractivity contribution < 1.29 is 26.4 Å². The number of benzene rings is 3. The summed E-state index contributed by atoms with van der Waals surface area (Å²) in [5, 5.41) is 1.75. The third-order valence-electron chi connectivity index (χ3n) is 4.37. The van der Waals surface area contributed by atoms with Crippen LogP contribution in [0.1, 0.15) is 15.9 Å². The van der Waals surface area contributed by atoms with Crippen molar-refractivity contribution in [1.82, 2.24) is 5.32 Å². The highest BCUT2D eigenvalue weighted by Crippen LogP contribution is 2.26. The highest BCUT2D eigenvalue weighted by molar-refractivity contribution is 7.92. The fraction of sp³-hybridized carbons (Fsp3) is 0.136. The van der Waals surface area contributed by atoms with Crippen LogP contribution < -0.4 is 9.62 Å². The van der Waals surface area contributed by atoms with Gasteiger partial charge in [0.2, 0.25) is 0 Å². The van der Waals surface area contributed by atoms with Crippen molar-refractivity contribution in [2.75, 3.05) is 10.8 Å². The first-order valence-corrected chi connectivity index (χ1v) is 10.7. The number of anilines is 1. The van der Waals surface area contributed by atoms with Crippen LogP contribution in [0.15, 0.2) is 89.8 Å². The highest BCUT2D eigenvalue weighted by atomic mass is 32.2. The summed E-state index contributed by atoms with van der Waals surface area (Å²) >= 11 is 0. The van der Waals surface area contributed by atoms with E-state index >= 15 is 0 Å². The lowest BCUT2D eigenvalue weighted by Crippen LogP contribution is -2.33. The predicted octanol–water partition coefficient (Wildman–Crippen LogP) is 4.37. The number of sulfonamides is 1. The normalized spacial score (nSPS) is 11.7. The second kappa shape index (κ2) is 9.22. The van der Waals surface area contributed by atoms with E-state index in [9.17, 15) is 26.4 Å². The second-order valence-corrected chi connectivity index (χ2v) is 8.52. The number of hydrogen-bond donors (Lipinski definition) is 1. The van der Waals surface area contributed by atoms with Gasteiger partial charge in [-0.05, 0) is 42.0 Å². The number of nitrogens with one attached hydrogen (secondary N) is 1. The summed E-state index contributed by atoms with van der Waals surface area (Å²) in [4.78, 5) is 11.8. The van der Waals surface area contributed by atoms with Crippen molar-refractivity contribution in [2.24, 2.45) is 0 Å². The van der Waals surface area contributed by atoms with Crippen molar-refractivity contribution in [3.63, 3.8) is 0 Å². The Kier molecular flexibility index (Phi) is 6.65.